The molecule has 0 spiro atoms. The molecule has 1 amide bonds. The third-order valence-electron chi connectivity index (χ3n) is 2.75. The maximum Gasteiger partial charge on any atom is 0.288 e. The number of hydrogen-bond donors (Lipinski definition) is 3. The van der Waals surface area contributed by atoms with Crippen LogP contribution in [0, 0.1) is 0 Å². The second-order valence-corrected chi connectivity index (χ2v) is 3.85. The van der Waals surface area contributed by atoms with Crippen molar-refractivity contribution < 1.29 is 24.5 Å². The fourth-order valence-corrected chi connectivity index (χ4v) is 1.89. The Morgan fingerprint density at radius 2 is 2.44 bits per heavy atom. The summed E-state index contributed by atoms with van der Waals surface area (Å²) < 4.78 is 11.6. The Labute approximate surface area is 102 Å². The summed E-state index contributed by atoms with van der Waals surface area (Å²) >= 11 is 0. The maximum atomic E-state index is 10.9. The Kier molecular flexibility index (Phi) is 3.57. The van der Waals surface area contributed by atoms with Crippen LogP contribution in [0.15, 0.2) is 6.33 Å². The average Bonchev–Trinajstić information content (AvgIpc) is 2.93. The number of ether oxygens (including phenoxy) is 2. The van der Waals surface area contributed by atoms with Gasteiger partial charge < -0.3 is 25.4 Å². The number of carbonyl (C=O) groups is 1. The summed E-state index contributed by atoms with van der Waals surface area (Å²) in [5.74, 6) is -0.949. The first-order valence-electron chi connectivity index (χ1n) is 5.26. The largest absolute Gasteiger partial charge is 0.394 e. The second-order valence-electron chi connectivity index (χ2n) is 3.85. The van der Waals surface area contributed by atoms with Crippen molar-refractivity contribution in [3.63, 3.8) is 0 Å². The number of rotatable bonds is 4. The van der Waals surface area contributed by atoms with Crippen molar-refractivity contribution in [1.29, 1.82) is 0 Å². The van der Waals surface area contributed by atoms with E-state index in [1.165, 1.54) is 18.1 Å². The Morgan fingerprint density at radius 1 is 1.72 bits per heavy atom. The fraction of sp³-hybridized carbons (Fsp3) is 0.667. The number of methoxy groups -OCH3 is 1. The molecule has 0 aliphatic carbocycles. The number of aliphatic hydroxyl groups is 2. The van der Waals surface area contributed by atoms with Crippen LogP contribution in [0.3, 0.4) is 0 Å². The standard InChI is InChI=1S/C9H14N4O5/c1-17-6-4(2-14)18-9(5(6)15)13-3-11-8(12-13)7(10)16/h3-6,9,14-15H,2H2,1H3,(H2,10,16)/t4-,5-,6-,9-/m1/s1. The lowest BCUT2D eigenvalue weighted by molar-refractivity contribution is -0.0603. The van der Waals surface area contributed by atoms with Gasteiger partial charge in [0.25, 0.3) is 5.91 Å². The molecule has 1 aliphatic heterocycles. The van der Waals surface area contributed by atoms with E-state index >= 15 is 0 Å². The molecule has 0 bridgehead atoms. The Balaban J connectivity index is 2.20. The number of nitrogens with zero attached hydrogens (tertiary/aromatic N) is 3. The molecule has 0 aromatic carbocycles. The zero-order valence-corrected chi connectivity index (χ0v) is 9.63. The molecule has 0 radical (unpaired) electrons. The zero-order valence-electron chi connectivity index (χ0n) is 9.63. The van der Waals surface area contributed by atoms with Crippen molar-refractivity contribution in [3.05, 3.63) is 12.2 Å². The smallest absolute Gasteiger partial charge is 0.288 e. The number of carbonyl (C=O) groups excluding carboxylic acids is 1. The summed E-state index contributed by atoms with van der Waals surface area (Å²) in [6.07, 6.45) is -2.04. The predicted octanol–water partition coefficient (Wildman–Crippen LogP) is -2.36. The first kappa shape index (κ1) is 12.9. The molecule has 18 heavy (non-hydrogen) atoms. The van der Waals surface area contributed by atoms with Crippen molar-refractivity contribution in [2.24, 2.45) is 5.73 Å². The first-order chi connectivity index (χ1) is 8.58. The van der Waals surface area contributed by atoms with Crippen molar-refractivity contribution in [2.45, 2.75) is 24.5 Å². The normalized spacial score (nSPS) is 31.7. The molecule has 4 atom stereocenters. The maximum absolute atomic E-state index is 10.9. The van der Waals surface area contributed by atoms with Crippen molar-refractivity contribution in [1.82, 2.24) is 14.8 Å². The molecule has 1 aromatic rings. The van der Waals surface area contributed by atoms with Gasteiger partial charge in [-0.25, -0.2) is 9.67 Å². The molecular formula is C9H14N4O5. The van der Waals surface area contributed by atoms with E-state index in [0.717, 1.165) is 0 Å². The van der Waals surface area contributed by atoms with Crippen LogP contribution < -0.4 is 5.73 Å². The summed E-state index contributed by atoms with van der Waals surface area (Å²) in [6.45, 7) is -0.302. The summed E-state index contributed by atoms with van der Waals surface area (Å²) in [6, 6.07) is 0. The van der Waals surface area contributed by atoms with E-state index in [0.29, 0.717) is 0 Å². The van der Waals surface area contributed by atoms with Gasteiger partial charge in [0.15, 0.2) is 6.23 Å². The molecule has 2 rings (SSSR count). The minimum atomic E-state index is -1.03. The van der Waals surface area contributed by atoms with Gasteiger partial charge in [-0.3, -0.25) is 4.79 Å². The van der Waals surface area contributed by atoms with Gasteiger partial charge in [0.05, 0.1) is 6.61 Å². The number of primary amides is 1. The highest BCUT2D eigenvalue weighted by Gasteiger charge is 2.45. The first-order valence-corrected chi connectivity index (χ1v) is 5.26. The zero-order chi connectivity index (χ0) is 13.3. The number of amides is 1. The Hall–Kier alpha value is -1.55. The van der Waals surface area contributed by atoms with Crippen LogP contribution in [0.2, 0.25) is 0 Å². The molecule has 0 unspecified atom stereocenters. The van der Waals surface area contributed by atoms with Crippen LogP contribution in [0.4, 0.5) is 0 Å². The fourth-order valence-electron chi connectivity index (χ4n) is 1.89. The Morgan fingerprint density at radius 3 is 2.89 bits per heavy atom. The van der Waals surface area contributed by atoms with Crippen LogP contribution in [-0.4, -0.2) is 62.9 Å². The van der Waals surface area contributed by atoms with Crippen molar-refractivity contribution in [3.8, 4) is 0 Å². The molecule has 4 N–H and O–H groups in total. The summed E-state index contributed by atoms with van der Waals surface area (Å²) in [7, 11) is 1.40. The molecule has 1 saturated heterocycles. The van der Waals surface area contributed by atoms with Crippen molar-refractivity contribution in [2.75, 3.05) is 13.7 Å². The Bertz CT molecular complexity index is 436. The van der Waals surface area contributed by atoms with Crippen molar-refractivity contribution >= 4 is 5.91 Å². The minimum absolute atomic E-state index is 0.174. The lowest BCUT2D eigenvalue weighted by Gasteiger charge is -2.16. The van der Waals surface area contributed by atoms with E-state index in [-0.39, 0.29) is 12.4 Å². The van der Waals surface area contributed by atoms with E-state index in [2.05, 4.69) is 10.1 Å². The van der Waals surface area contributed by atoms with Gasteiger partial charge in [-0.05, 0) is 0 Å². The van der Waals surface area contributed by atoms with Gasteiger partial charge in [-0.2, -0.15) is 0 Å². The van der Waals surface area contributed by atoms with Crippen LogP contribution in [0.5, 0.6) is 0 Å². The molecule has 9 nitrogen and oxygen atoms in total. The minimum Gasteiger partial charge on any atom is -0.394 e. The summed E-state index contributed by atoms with van der Waals surface area (Å²) in [5.41, 5.74) is 5.02. The lowest BCUT2D eigenvalue weighted by Crippen LogP contribution is -2.35. The molecule has 1 fully saturated rings. The molecule has 0 saturated carbocycles. The number of aliphatic hydroxyl groups excluding tert-OH is 2. The molecule has 9 heteroatoms. The van der Waals surface area contributed by atoms with Crippen LogP contribution in [0.1, 0.15) is 16.8 Å². The van der Waals surface area contributed by atoms with Gasteiger partial charge in [-0.15, -0.1) is 5.10 Å². The molecule has 100 valence electrons. The van der Waals surface area contributed by atoms with E-state index in [1.807, 2.05) is 0 Å². The number of hydrogen-bond acceptors (Lipinski definition) is 7. The van der Waals surface area contributed by atoms with E-state index < -0.39 is 30.4 Å². The third-order valence-corrected chi connectivity index (χ3v) is 2.75. The topological polar surface area (TPSA) is 133 Å². The van der Waals surface area contributed by atoms with Crippen LogP contribution in [0.25, 0.3) is 0 Å². The SMILES string of the molecule is CO[C@H]1[C@@H](O)[C@H](n2cnc(C(N)=O)n2)O[C@@H]1CO. The van der Waals surface area contributed by atoms with Crippen LogP contribution >= 0.6 is 0 Å². The second kappa shape index (κ2) is 4.98. The molecular weight excluding hydrogens is 244 g/mol. The van der Waals surface area contributed by atoms with E-state index in [9.17, 15) is 9.90 Å². The number of aromatic nitrogens is 3. The summed E-state index contributed by atoms with van der Waals surface area (Å²) in [5, 5.41) is 22.9. The molecule has 1 aromatic heterocycles. The lowest BCUT2D eigenvalue weighted by atomic mass is 10.1. The van der Waals surface area contributed by atoms with Gasteiger partial charge in [0, 0.05) is 7.11 Å². The quantitative estimate of drug-likeness (QED) is 0.550. The number of nitrogens with two attached hydrogens (primary N) is 1. The molecule has 2 heterocycles. The van der Waals surface area contributed by atoms with E-state index in [1.54, 1.807) is 0 Å². The predicted molar refractivity (Wildman–Crippen MR) is 56.3 cm³/mol. The average molecular weight is 258 g/mol. The third kappa shape index (κ3) is 2.08. The highest BCUT2D eigenvalue weighted by molar-refractivity contribution is 5.88. The summed E-state index contributed by atoms with van der Waals surface area (Å²) in [4.78, 5) is 14.5. The highest BCUT2D eigenvalue weighted by atomic mass is 16.6. The van der Waals surface area contributed by atoms with Gasteiger partial charge in [0.1, 0.15) is 24.6 Å². The van der Waals surface area contributed by atoms with Gasteiger partial charge in [-0.1, -0.05) is 0 Å². The van der Waals surface area contributed by atoms with Gasteiger partial charge in [0.2, 0.25) is 5.82 Å². The van der Waals surface area contributed by atoms with Gasteiger partial charge >= 0.3 is 0 Å². The monoisotopic (exact) mass is 258 g/mol. The van der Waals surface area contributed by atoms with E-state index in [4.69, 9.17) is 20.3 Å². The van der Waals surface area contributed by atoms with Crippen LogP contribution in [-0.2, 0) is 9.47 Å². The molecule has 1 aliphatic rings. The highest BCUT2D eigenvalue weighted by Crippen LogP contribution is 2.30.